The Kier molecular flexibility index (Phi) is 6.59. The van der Waals surface area contributed by atoms with Crippen molar-refractivity contribution in [1.82, 2.24) is 4.98 Å². The summed E-state index contributed by atoms with van der Waals surface area (Å²) < 4.78 is 4.81. The fourth-order valence-electron chi connectivity index (χ4n) is 3.67. The second-order valence-corrected chi connectivity index (χ2v) is 8.44. The van der Waals surface area contributed by atoms with Gasteiger partial charge in [0, 0.05) is 23.1 Å². The molecule has 4 N–H and O–H groups in total. The van der Waals surface area contributed by atoms with Crippen molar-refractivity contribution < 1.29 is 23.9 Å². The fourth-order valence-corrected chi connectivity index (χ4v) is 4.77. The van der Waals surface area contributed by atoms with Crippen LogP contribution in [0.4, 0.5) is 5.00 Å². The molecule has 0 saturated carbocycles. The first-order valence-corrected chi connectivity index (χ1v) is 10.6. The first kappa shape index (κ1) is 23.0. The van der Waals surface area contributed by atoms with Crippen molar-refractivity contribution in [3.05, 3.63) is 63.3 Å². The first-order valence-electron chi connectivity index (χ1n) is 9.74. The van der Waals surface area contributed by atoms with E-state index in [4.69, 9.17) is 10.5 Å². The van der Waals surface area contributed by atoms with Gasteiger partial charge in [-0.3, -0.25) is 14.4 Å². The van der Waals surface area contributed by atoms with E-state index in [1.807, 2.05) is 37.3 Å². The molecule has 0 atom stereocenters. The Bertz CT molecular complexity index is 1220. The standard InChI is InChI=1S/C23H23N3O5S/c1-11-17(23(30)31-4)15(25-20(11)12(2)27)10-16(28)26-22-19(21(24)29)18(13(3)32-22)14-8-6-5-7-9-14/h5-9,25H,10H2,1-4H3,(H2,24,29)(H,26,28). The number of esters is 1. The number of thiophene rings is 1. The Morgan fingerprint density at radius 3 is 2.31 bits per heavy atom. The van der Waals surface area contributed by atoms with Crippen LogP contribution in [0.2, 0.25) is 0 Å². The SMILES string of the molecule is COC(=O)c1c(CC(=O)Nc2sc(C)c(-c3ccccc3)c2C(N)=O)[nH]c(C(C)=O)c1C. The molecule has 2 amide bonds. The van der Waals surface area contributed by atoms with Crippen LogP contribution in [0.3, 0.4) is 0 Å². The largest absolute Gasteiger partial charge is 0.465 e. The number of H-pyrrole nitrogens is 1. The maximum Gasteiger partial charge on any atom is 0.339 e. The predicted octanol–water partition coefficient (Wildman–Crippen LogP) is 3.63. The van der Waals surface area contributed by atoms with Gasteiger partial charge in [0.25, 0.3) is 5.91 Å². The molecule has 0 unspecified atom stereocenters. The number of nitrogens with two attached hydrogens (primary N) is 1. The molecule has 1 aromatic carbocycles. The van der Waals surface area contributed by atoms with Gasteiger partial charge in [0.15, 0.2) is 5.78 Å². The molecule has 32 heavy (non-hydrogen) atoms. The lowest BCUT2D eigenvalue weighted by Crippen LogP contribution is -2.19. The van der Waals surface area contributed by atoms with Crippen LogP contribution in [0.5, 0.6) is 0 Å². The average molecular weight is 454 g/mol. The number of aromatic amines is 1. The van der Waals surface area contributed by atoms with Crippen molar-refractivity contribution in [2.24, 2.45) is 5.73 Å². The van der Waals surface area contributed by atoms with Gasteiger partial charge in [0.1, 0.15) is 5.00 Å². The number of carbonyl (C=O) groups excluding carboxylic acids is 4. The van der Waals surface area contributed by atoms with Gasteiger partial charge < -0.3 is 20.8 Å². The van der Waals surface area contributed by atoms with E-state index in [9.17, 15) is 19.2 Å². The number of hydrogen-bond acceptors (Lipinski definition) is 6. The van der Waals surface area contributed by atoms with Crippen LogP contribution in [0.1, 0.15) is 54.3 Å². The number of Topliss-reactive ketones (excluding diaryl/α,β-unsaturated/α-hetero) is 1. The summed E-state index contributed by atoms with van der Waals surface area (Å²) in [6.07, 6.45) is -0.228. The highest BCUT2D eigenvalue weighted by Crippen LogP contribution is 2.39. The number of amides is 2. The third-order valence-electron chi connectivity index (χ3n) is 5.05. The number of hydrogen-bond donors (Lipinski definition) is 3. The highest BCUT2D eigenvalue weighted by Gasteiger charge is 2.26. The molecule has 0 bridgehead atoms. The van der Waals surface area contributed by atoms with Crippen molar-refractivity contribution in [2.45, 2.75) is 27.2 Å². The molecular formula is C23H23N3O5S. The van der Waals surface area contributed by atoms with Crippen molar-refractivity contribution >= 4 is 39.9 Å². The minimum atomic E-state index is -0.659. The number of aryl methyl sites for hydroxylation is 1. The van der Waals surface area contributed by atoms with Crippen LogP contribution >= 0.6 is 11.3 Å². The number of carbonyl (C=O) groups is 4. The van der Waals surface area contributed by atoms with Crippen molar-refractivity contribution in [2.75, 3.05) is 12.4 Å². The van der Waals surface area contributed by atoms with Crippen molar-refractivity contribution in [3.8, 4) is 11.1 Å². The first-order chi connectivity index (χ1) is 15.1. The third-order valence-corrected chi connectivity index (χ3v) is 6.07. The minimum absolute atomic E-state index is 0.148. The zero-order chi connectivity index (χ0) is 23.6. The van der Waals surface area contributed by atoms with E-state index in [1.165, 1.54) is 25.4 Å². The highest BCUT2D eigenvalue weighted by atomic mass is 32.1. The van der Waals surface area contributed by atoms with E-state index >= 15 is 0 Å². The summed E-state index contributed by atoms with van der Waals surface area (Å²) in [7, 11) is 1.23. The number of ketones is 1. The van der Waals surface area contributed by atoms with E-state index in [2.05, 4.69) is 10.3 Å². The number of rotatable bonds is 7. The Hall–Kier alpha value is -3.72. The normalized spacial score (nSPS) is 10.6. The van der Waals surface area contributed by atoms with E-state index in [0.717, 1.165) is 10.4 Å². The molecule has 166 valence electrons. The Balaban J connectivity index is 1.96. The van der Waals surface area contributed by atoms with Crippen LogP contribution in [-0.2, 0) is 16.0 Å². The van der Waals surface area contributed by atoms with E-state index < -0.39 is 17.8 Å². The van der Waals surface area contributed by atoms with E-state index in [0.29, 0.717) is 16.1 Å². The van der Waals surface area contributed by atoms with E-state index in [1.54, 1.807) is 6.92 Å². The van der Waals surface area contributed by atoms with Gasteiger partial charge in [-0.05, 0) is 25.0 Å². The quantitative estimate of drug-likeness (QED) is 0.371. The van der Waals surface area contributed by atoms with Gasteiger partial charge in [-0.2, -0.15) is 0 Å². The van der Waals surface area contributed by atoms with E-state index in [-0.39, 0.29) is 34.7 Å². The van der Waals surface area contributed by atoms with Gasteiger partial charge in [-0.15, -0.1) is 11.3 Å². The van der Waals surface area contributed by atoms with Crippen LogP contribution in [0.25, 0.3) is 11.1 Å². The smallest absolute Gasteiger partial charge is 0.339 e. The molecule has 9 heteroatoms. The summed E-state index contributed by atoms with van der Waals surface area (Å²) >= 11 is 1.24. The molecule has 0 aliphatic heterocycles. The molecule has 2 aromatic heterocycles. The topological polar surface area (TPSA) is 131 Å². The summed E-state index contributed by atoms with van der Waals surface area (Å²) in [6.45, 7) is 4.82. The van der Waals surface area contributed by atoms with Crippen molar-refractivity contribution in [1.29, 1.82) is 0 Å². The average Bonchev–Trinajstić information content (AvgIpc) is 3.24. The summed E-state index contributed by atoms with van der Waals surface area (Å²) in [6, 6.07) is 9.29. The number of anilines is 1. The molecular weight excluding hydrogens is 430 g/mol. The van der Waals surface area contributed by atoms with Gasteiger partial charge >= 0.3 is 5.97 Å². The number of ether oxygens (including phenoxy) is 1. The number of aromatic nitrogens is 1. The van der Waals surface area contributed by atoms with Crippen LogP contribution in [0, 0.1) is 13.8 Å². The number of benzene rings is 1. The molecule has 0 spiro atoms. The second kappa shape index (κ2) is 9.19. The van der Waals surface area contributed by atoms with Gasteiger partial charge in [-0.25, -0.2) is 4.79 Å². The highest BCUT2D eigenvalue weighted by molar-refractivity contribution is 7.17. The number of methoxy groups -OCH3 is 1. The van der Waals surface area contributed by atoms with Gasteiger partial charge in [0.2, 0.25) is 5.91 Å². The predicted molar refractivity (Wildman–Crippen MR) is 122 cm³/mol. The van der Waals surface area contributed by atoms with Gasteiger partial charge in [0.05, 0.1) is 30.4 Å². The lowest BCUT2D eigenvalue weighted by Gasteiger charge is -2.08. The van der Waals surface area contributed by atoms with Crippen molar-refractivity contribution in [3.63, 3.8) is 0 Å². The maximum atomic E-state index is 12.9. The third kappa shape index (κ3) is 4.33. The zero-order valence-corrected chi connectivity index (χ0v) is 18.9. The molecule has 8 nitrogen and oxygen atoms in total. The second-order valence-electron chi connectivity index (χ2n) is 7.22. The molecule has 2 heterocycles. The summed E-state index contributed by atoms with van der Waals surface area (Å²) in [5, 5.41) is 3.06. The molecule has 3 aromatic rings. The van der Waals surface area contributed by atoms with Gasteiger partial charge in [-0.1, -0.05) is 30.3 Å². The summed E-state index contributed by atoms with van der Waals surface area (Å²) in [5.41, 5.74) is 8.42. The van der Waals surface area contributed by atoms with Crippen LogP contribution in [0.15, 0.2) is 30.3 Å². The molecule has 0 aliphatic rings. The molecule has 3 rings (SSSR count). The fraction of sp³-hybridized carbons (Fsp3) is 0.217. The summed E-state index contributed by atoms with van der Waals surface area (Å²) in [5.74, 6) is -2.05. The lowest BCUT2D eigenvalue weighted by atomic mass is 10.0. The minimum Gasteiger partial charge on any atom is -0.465 e. The zero-order valence-electron chi connectivity index (χ0n) is 18.1. The molecule has 0 radical (unpaired) electrons. The Morgan fingerprint density at radius 1 is 1.09 bits per heavy atom. The lowest BCUT2D eigenvalue weighted by molar-refractivity contribution is -0.115. The molecule has 0 fully saturated rings. The Morgan fingerprint density at radius 2 is 1.75 bits per heavy atom. The van der Waals surface area contributed by atoms with Crippen LogP contribution < -0.4 is 11.1 Å². The van der Waals surface area contributed by atoms with Crippen LogP contribution in [-0.4, -0.2) is 35.7 Å². The number of nitrogens with one attached hydrogen (secondary N) is 2. The summed E-state index contributed by atoms with van der Waals surface area (Å²) in [4.78, 5) is 52.9. The molecule has 0 saturated heterocycles. The maximum absolute atomic E-state index is 12.9. The number of primary amides is 1. The molecule has 0 aliphatic carbocycles. The monoisotopic (exact) mass is 453 g/mol. The Labute approximate surface area is 188 Å².